The zero-order chi connectivity index (χ0) is 7.23. The van der Waals surface area contributed by atoms with Crippen LogP contribution in [0.3, 0.4) is 0 Å². The van der Waals surface area contributed by atoms with Gasteiger partial charge in [0, 0.05) is 17.6 Å². The summed E-state index contributed by atoms with van der Waals surface area (Å²) in [4.78, 5) is 0. The van der Waals surface area contributed by atoms with Crippen molar-refractivity contribution in [3.05, 3.63) is 16.8 Å². The van der Waals surface area contributed by atoms with E-state index in [1.165, 1.54) is 5.69 Å². The smallest absolute Gasteiger partial charge is 0.0448 e. The number of hydrogen-bond donors (Lipinski definition) is 2. The van der Waals surface area contributed by atoms with Gasteiger partial charge in [-0.3, -0.25) is 0 Å². The van der Waals surface area contributed by atoms with Gasteiger partial charge in [-0.15, -0.1) is 0 Å². The molecule has 1 aromatic heterocycles. The summed E-state index contributed by atoms with van der Waals surface area (Å²) in [6.45, 7) is 1.74. The average molecular weight is 156 g/mol. The third-order valence-corrected chi connectivity index (χ3v) is 1.91. The zero-order valence-corrected chi connectivity index (χ0v) is 6.66. The SMILES string of the molecule is NCCCNc1ccsc1. The van der Waals surface area contributed by atoms with Crippen LogP contribution in [0, 0.1) is 0 Å². The lowest BCUT2D eigenvalue weighted by Crippen LogP contribution is -2.07. The van der Waals surface area contributed by atoms with Crippen molar-refractivity contribution in [2.45, 2.75) is 6.42 Å². The predicted molar refractivity (Wildman–Crippen MR) is 46.5 cm³/mol. The van der Waals surface area contributed by atoms with Crippen LogP contribution in [0.5, 0.6) is 0 Å². The summed E-state index contributed by atoms with van der Waals surface area (Å²) >= 11 is 1.70. The first-order valence-corrected chi connectivity index (χ1v) is 4.34. The van der Waals surface area contributed by atoms with Crippen LogP contribution in [0.25, 0.3) is 0 Å². The number of hydrogen-bond acceptors (Lipinski definition) is 3. The fraction of sp³-hybridized carbons (Fsp3) is 0.429. The summed E-state index contributed by atoms with van der Waals surface area (Å²) in [6.07, 6.45) is 1.04. The van der Waals surface area contributed by atoms with Gasteiger partial charge in [0.15, 0.2) is 0 Å². The molecule has 2 nitrogen and oxygen atoms in total. The van der Waals surface area contributed by atoms with Crippen molar-refractivity contribution in [3.63, 3.8) is 0 Å². The van der Waals surface area contributed by atoms with E-state index in [-0.39, 0.29) is 0 Å². The minimum absolute atomic E-state index is 0.761. The number of nitrogens with one attached hydrogen (secondary N) is 1. The van der Waals surface area contributed by atoms with E-state index in [2.05, 4.69) is 22.1 Å². The van der Waals surface area contributed by atoms with Crippen LogP contribution in [0.15, 0.2) is 16.8 Å². The molecule has 0 unspecified atom stereocenters. The summed E-state index contributed by atoms with van der Waals surface area (Å²) in [7, 11) is 0. The fourth-order valence-corrected chi connectivity index (χ4v) is 1.31. The van der Waals surface area contributed by atoms with E-state index in [4.69, 9.17) is 5.73 Å². The molecule has 0 saturated heterocycles. The fourth-order valence-electron chi connectivity index (χ4n) is 0.700. The van der Waals surface area contributed by atoms with Crippen molar-refractivity contribution in [3.8, 4) is 0 Å². The molecule has 1 rings (SSSR count). The van der Waals surface area contributed by atoms with Crippen LogP contribution in [-0.2, 0) is 0 Å². The molecule has 3 heteroatoms. The number of rotatable bonds is 4. The maximum Gasteiger partial charge on any atom is 0.0448 e. The molecule has 0 atom stereocenters. The Hall–Kier alpha value is -0.540. The van der Waals surface area contributed by atoms with Crippen LogP contribution in [0.1, 0.15) is 6.42 Å². The van der Waals surface area contributed by atoms with Crippen LogP contribution in [0.4, 0.5) is 5.69 Å². The Morgan fingerprint density at radius 2 is 2.50 bits per heavy atom. The van der Waals surface area contributed by atoms with Crippen LogP contribution >= 0.6 is 11.3 Å². The highest BCUT2D eigenvalue weighted by atomic mass is 32.1. The Balaban J connectivity index is 2.15. The summed E-state index contributed by atoms with van der Waals surface area (Å²) in [5.41, 5.74) is 6.54. The predicted octanol–water partition coefficient (Wildman–Crippen LogP) is 1.51. The Labute approximate surface area is 65.1 Å². The molecule has 0 amide bonds. The summed E-state index contributed by atoms with van der Waals surface area (Å²) in [6, 6.07) is 2.07. The minimum Gasteiger partial charge on any atom is -0.384 e. The van der Waals surface area contributed by atoms with Crippen LogP contribution in [0.2, 0.25) is 0 Å². The van der Waals surface area contributed by atoms with Gasteiger partial charge < -0.3 is 11.1 Å². The first-order valence-electron chi connectivity index (χ1n) is 3.39. The molecule has 0 fully saturated rings. The van der Waals surface area contributed by atoms with Gasteiger partial charge in [0.2, 0.25) is 0 Å². The Morgan fingerprint density at radius 3 is 3.10 bits per heavy atom. The van der Waals surface area contributed by atoms with Crippen molar-refractivity contribution < 1.29 is 0 Å². The van der Waals surface area contributed by atoms with Gasteiger partial charge in [-0.2, -0.15) is 11.3 Å². The maximum atomic E-state index is 5.33. The van der Waals surface area contributed by atoms with Crippen molar-refractivity contribution >= 4 is 17.0 Å². The van der Waals surface area contributed by atoms with E-state index >= 15 is 0 Å². The highest BCUT2D eigenvalue weighted by molar-refractivity contribution is 7.08. The summed E-state index contributed by atoms with van der Waals surface area (Å²) in [5.74, 6) is 0. The van der Waals surface area contributed by atoms with E-state index in [0.717, 1.165) is 19.5 Å². The number of anilines is 1. The molecule has 0 aromatic carbocycles. The van der Waals surface area contributed by atoms with Crippen molar-refractivity contribution in [1.29, 1.82) is 0 Å². The average Bonchev–Trinajstić information content (AvgIpc) is 2.41. The largest absolute Gasteiger partial charge is 0.384 e. The molecule has 3 N–H and O–H groups in total. The zero-order valence-electron chi connectivity index (χ0n) is 5.84. The molecular weight excluding hydrogens is 144 g/mol. The van der Waals surface area contributed by atoms with Gasteiger partial charge in [0.25, 0.3) is 0 Å². The lowest BCUT2D eigenvalue weighted by molar-refractivity contribution is 0.875. The highest BCUT2D eigenvalue weighted by Crippen LogP contribution is 2.10. The van der Waals surface area contributed by atoms with E-state index in [0.29, 0.717) is 0 Å². The highest BCUT2D eigenvalue weighted by Gasteiger charge is 1.88. The topological polar surface area (TPSA) is 38.0 Å². The number of thiophene rings is 1. The third kappa shape index (κ3) is 2.37. The molecule has 0 bridgehead atoms. The van der Waals surface area contributed by atoms with E-state index in [9.17, 15) is 0 Å². The van der Waals surface area contributed by atoms with E-state index in [1.54, 1.807) is 11.3 Å². The van der Waals surface area contributed by atoms with Gasteiger partial charge in [-0.05, 0) is 24.4 Å². The molecule has 56 valence electrons. The molecule has 0 aliphatic carbocycles. The lowest BCUT2D eigenvalue weighted by atomic mass is 10.4. The lowest BCUT2D eigenvalue weighted by Gasteiger charge is -1.99. The number of nitrogens with two attached hydrogens (primary N) is 1. The maximum absolute atomic E-state index is 5.33. The molecule has 0 saturated carbocycles. The second kappa shape index (κ2) is 4.30. The van der Waals surface area contributed by atoms with Gasteiger partial charge in [0.05, 0.1) is 0 Å². The Bertz CT molecular complexity index is 160. The molecule has 1 aromatic rings. The second-order valence-electron chi connectivity index (χ2n) is 2.08. The quantitative estimate of drug-likeness (QED) is 0.648. The van der Waals surface area contributed by atoms with Gasteiger partial charge in [-0.25, -0.2) is 0 Å². The van der Waals surface area contributed by atoms with Crippen LogP contribution < -0.4 is 11.1 Å². The van der Waals surface area contributed by atoms with Crippen LogP contribution in [-0.4, -0.2) is 13.1 Å². The second-order valence-corrected chi connectivity index (χ2v) is 2.86. The molecule has 0 aliphatic rings. The molecular formula is C7H12N2S. The van der Waals surface area contributed by atoms with Gasteiger partial charge >= 0.3 is 0 Å². The first-order chi connectivity index (χ1) is 4.93. The summed E-state index contributed by atoms with van der Waals surface area (Å²) in [5, 5.41) is 7.41. The third-order valence-electron chi connectivity index (χ3n) is 1.23. The van der Waals surface area contributed by atoms with E-state index in [1.807, 2.05) is 0 Å². The van der Waals surface area contributed by atoms with Crippen molar-refractivity contribution in [2.75, 3.05) is 18.4 Å². The standard InChI is InChI=1S/C7H12N2S/c8-3-1-4-9-7-2-5-10-6-7/h2,5-6,9H,1,3-4,8H2. The summed E-state index contributed by atoms with van der Waals surface area (Å²) < 4.78 is 0. The molecule has 1 heterocycles. The van der Waals surface area contributed by atoms with Gasteiger partial charge in [0.1, 0.15) is 0 Å². The molecule has 0 radical (unpaired) electrons. The Morgan fingerprint density at radius 1 is 1.60 bits per heavy atom. The van der Waals surface area contributed by atoms with Crippen molar-refractivity contribution in [1.82, 2.24) is 0 Å². The minimum atomic E-state index is 0.761. The first kappa shape index (κ1) is 7.57. The Kier molecular flexibility index (Phi) is 3.26. The monoisotopic (exact) mass is 156 g/mol. The van der Waals surface area contributed by atoms with Gasteiger partial charge in [-0.1, -0.05) is 0 Å². The molecule has 10 heavy (non-hydrogen) atoms. The molecule has 0 aliphatic heterocycles. The molecule has 0 spiro atoms. The van der Waals surface area contributed by atoms with Crippen molar-refractivity contribution in [2.24, 2.45) is 5.73 Å². The normalized spacial score (nSPS) is 9.70. The van der Waals surface area contributed by atoms with E-state index < -0.39 is 0 Å².